The maximum Gasteiger partial charge on any atom is 0.416 e. The van der Waals surface area contributed by atoms with Crippen molar-refractivity contribution in [1.29, 1.82) is 0 Å². The molecule has 0 saturated heterocycles. The zero-order valence-corrected chi connectivity index (χ0v) is 14.7. The van der Waals surface area contributed by atoms with E-state index < -0.39 is 17.6 Å². The highest BCUT2D eigenvalue weighted by molar-refractivity contribution is 6.03. The molecule has 0 aliphatic heterocycles. The van der Waals surface area contributed by atoms with Gasteiger partial charge in [0, 0.05) is 17.9 Å². The van der Waals surface area contributed by atoms with Crippen LogP contribution in [0, 0.1) is 6.92 Å². The molecule has 0 spiro atoms. The SMILES string of the molecule is CCCCCNc1nc(C)cc(C(=O)Nc2cccc(C(F)(F)F)c2)n1. The number of halogens is 3. The van der Waals surface area contributed by atoms with Crippen LogP contribution in [-0.4, -0.2) is 22.4 Å². The minimum absolute atomic E-state index is 0.0542. The molecule has 2 aromatic rings. The molecule has 1 aromatic carbocycles. The van der Waals surface area contributed by atoms with E-state index in [-0.39, 0.29) is 11.4 Å². The highest BCUT2D eigenvalue weighted by Gasteiger charge is 2.30. The Morgan fingerprint density at radius 3 is 2.62 bits per heavy atom. The maximum atomic E-state index is 12.8. The Hall–Kier alpha value is -2.64. The summed E-state index contributed by atoms with van der Waals surface area (Å²) in [7, 11) is 0. The Labute approximate surface area is 150 Å². The van der Waals surface area contributed by atoms with Gasteiger partial charge in [-0.15, -0.1) is 0 Å². The van der Waals surface area contributed by atoms with Crippen LogP contribution in [0.5, 0.6) is 0 Å². The summed E-state index contributed by atoms with van der Waals surface area (Å²) in [6, 6.07) is 5.95. The molecule has 2 N–H and O–H groups in total. The number of hydrogen-bond acceptors (Lipinski definition) is 4. The summed E-state index contributed by atoms with van der Waals surface area (Å²) in [5, 5.41) is 5.50. The summed E-state index contributed by atoms with van der Waals surface area (Å²) in [4.78, 5) is 20.7. The average Bonchev–Trinajstić information content (AvgIpc) is 2.58. The predicted molar refractivity (Wildman–Crippen MR) is 94.2 cm³/mol. The van der Waals surface area contributed by atoms with Crippen LogP contribution in [0.2, 0.25) is 0 Å². The van der Waals surface area contributed by atoms with Crippen LogP contribution in [0.3, 0.4) is 0 Å². The Kier molecular flexibility index (Phi) is 6.54. The minimum atomic E-state index is -4.47. The second kappa shape index (κ2) is 8.64. The molecule has 0 atom stereocenters. The van der Waals surface area contributed by atoms with Gasteiger partial charge in [-0.3, -0.25) is 4.79 Å². The van der Waals surface area contributed by atoms with E-state index in [9.17, 15) is 18.0 Å². The van der Waals surface area contributed by atoms with Crippen molar-refractivity contribution in [2.24, 2.45) is 0 Å². The van der Waals surface area contributed by atoms with Crippen molar-refractivity contribution in [3.8, 4) is 0 Å². The first-order chi connectivity index (χ1) is 12.3. The fourth-order valence-corrected chi connectivity index (χ4v) is 2.31. The second-order valence-corrected chi connectivity index (χ2v) is 5.88. The molecule has 0 aliphatic carbocycles. The molecule has 0 radical (unpaired) electrons. The number of amides is 1. The predicted octanol–water partition coefficient (Wildman–Crippen LogP) is 4.66. The molecular weight excluding hydrogens is 345 g/mol. The van der Waals surface area contributed by atoms with Gasteiger partial charge < -0.3 is 10.6 Å². The number of hydrogen-bond donors (Lipinski definition) is 2. The monoisotopic (exact) mass is 366 g/mol. The standard InChI is InChI=1S/C18H21F3N4O/c1-3-4-5-9-22-17-23-12(2)10-15(25-17)16(26)24-14-8-6-7-13(11-14)18(19,20)21/h6-8,10-11H,3-5,9H2,1-2H3,(H,24,26)(H,22,23,25). The van der Waals surface area contributed by atoms with E-state index in [1.54, 1.807) is 6.92 Å². The Morgan fingerprint density at radius 1 is 1.15 bits per heavy atom. The number of rotatable bonds is 7. The molecule has 0 saturated carbocycles. The van der Waals surface area contributed by atoms with Crippen molar-refractivity contribution in [2.75, 3.05) is 17.2 Å². The zero-order chi connectivity index (χ0) is 19.2. The maximum absolute atomic E-state index is 12.8. The normalized spacial score (nSPS) is 11.3. The van der Waals surface area contributed by atoms with Crippen molar-refractivity contribution in [3.63, 3.8) is 0 Å². The molecule has 26 heavy (non-hydrogen) atoms. The summed E-state index contributed by atoms with van der Waals surface area (Å²) in [6.07, 6.45) is -1.36. The van der Waals surface area contributed by atoms with Crippen molar-refractivity contribution in [2.45, 2.75) is 39.3 Å². The molecule has 0 bridgehead atoms. The summed E-state index contributed by atoms with van der Waals surface area (Å²) in [5.74, 6) is -0.262. The molecule has 0 fully saturated rings. The smallest absolute Gasteiger partial charge is 0.354 e. The quantitative estimate of drug-likeness (QED) is 0.700. The third-order valence-corrected chi connectivity index (χ3v) is 3.60. The largest absolute Gasteiger partial charge is 0.416 e. The number of nitrogens with zero attached hydrogens (tertiary/aromatic N) is 2. The van der Waals surface area contributed by atoms with E-state index in [0.717, 1.165) is 31.4 Å². The number of alkyl halides is 3. The number of carbonyl (C=O) groups is 1. The zero-order valence-electron chi connectivity index (χ0n) is 14.7. The van der Waals surface area contributed by atoms with Gasteiger partial charge in [-0.05, 0) is 37.6 Å². The lowest BCUT2D eigenvalue weighted by Crippen LogP contribution is -2.17. The molecule has 8 heteroatoms. The number of carbonyl (C=O) groups excluding carboxylic acids is 1. The number of nitrogens with one attached hydrogen (secondary N) is 2. The highest BCUT2D eigenvalue weighted by Crippen LogP contribution is 2.30. The number of benzene rings is 1. The molecule has 1 heterocycles. The topological polar surface area (TPSA) is 66.9 Å². The van der Waals surface area contributed by atoms with Crippen LogP contribution < -0.4 is 10.6 Å². The fourth-order valence-electron chi connectivity index (χ4n) is 2.31. The number of aryl methyl sites for hydroxylation is 1. The molecule has 1 aromatic heterocycles. The molecule has 0 aliphatic rings. The summed E-state index contributed by atoms with van der Waals surface area (Å²) < 4.78 is 38.3. The van der Waals surface area contributed by atoms with Crippen molar-refractivity contribution in [1.82, 2.24) is 9.97 Å². The first-order valence-corrected chi connectivity index (χ1v) is 8.37. The minimum Gasteiger partial charge on any atom is -0.354 e. The Bertz CT molecular complexity index is 762. The fraction of sp³-hybridized carbons (Fsp3) is 0.389. The van der Waals surface area contributed by atoms with Gasteiger partial charge in [0.2, 0.25) is 5.95 Å². The van der Waals surface area contributed by atoms with Crippen LogP contribution in [-0.2, 0) is 6.18 Å². The Morgan fingerprint density at radius 2 is 1.92 bits per heavy atom. The summed E-state index contributed by atoms with van der Waals surface area (Å²) >= 11 is 0. The third-order valence-electron chi connectivity index (χ3n) is 3.60. The molecular formula is C18H21F3N4O. The Balaban J connectivity index is 2.11. The van der Waals surface area contributed by atoms with Crippen LogP contribution in [0.1, 0.15) is 47.9 Å². The molecule has 5 nitrogen and oxygen atoms in total. The van der Waals surface area contributed by atoms with Crippen molar-refractivity contribution < 1.29 is 18.0 Å². The average molecular weight is 366 g/mol. The van der Waals surface area contributed by atoms with Gasteiger partial charge >= 0.3 is 6.18 Å². The van der Waals surface area contributed by atoms with Crippen LogP contribution in [0.4, 0.5) is 24.8 Å². The molecule has 2 rings (SSSR count). The van der Waals surface area contributed by atoms with Gasteiger partial charge in [-0.1, -0.05) is 25.8 Å². The lowest BCUT2D eigenvalue weighted by molar-refractivity contribution is -0.137. The van der Waals surface area contributed by atoms with Gasteiger partial charge in [0.1, 0.15) is 5.69 Å². The van der Waals surface area contributed by atoms with Gasteiger partial charge in [0.05, 0.1) is 5.56 Å². The van der Waals surface area contributed by atoms with Crippen molar-refractivity contribution in [3.05, 3.63) is 47.3 Å². The van der Waals surface area contributed by atoms with Gasteiger partial charge in [-0.2, -0.15) is 13.2 Å². The van der Waals surface area contributed by atoms with Gasteiger partial charge in [0.25, 0.3) is 5.91 Å². The van der Waals surface area contributed by atoms with E-state index in [1.165, 1.54) is 18.2 Å². The number of anilines is 2. The van der Waals surface area contributed by atoms with E-state index >= 15 is 0 Å². The first kappa shape index (κ1) is 19.7. The number of aromatic nitrogens is 2. The van der Waals surface area contributed by atoms with Crippen molar-refractivity contribution >= 4 is 17.5 Å². The molecule has 1 amide bonds. The second-order valence-electron chi connectivity index (χ2n) is 5.88. The summed E-state index contributed by atoms with van der Waals surface area (Å²) in [5.41, 5.74) is -0.0916. The first-order valence-electron chi connectivity index (χ1n) is 8.37. The lowest BCUT2D eigenvalue weighted by atomic mass is 10.2. The van der Waals surface area contributed by atoms with E-state index in [2.05, 4.69) is 27.5 Å². The third kappa shape index (κ3) is 5.72. The van der Waals surface area contributed by atoms with Crippen LogP contribution >= 0.6 is 0 Å². The summed E-state index contributed by atoms with van der Waals surface area (Å²) in [6.45, 7) is 4.51. The van der Waals surface area contributed by atoms with Gasteiger partial charge in [-0.25, -0.2) is 9.97 Å². The number of unbranched alkanes of at least 4 members (excludes halogenated alkanes) is 2. The molecule has 140 valence electrons. The van der Waals surface area contributed by atoms with E-state index in [1.807, 2.05) is 0 Å². The van der Waals surface area contributed by atoms with E-state index in [0.29, 0.717) is 18.2 Å². The molecule has 0 unspecified atom stereocenters. The highest BCUT2D eigenvalue weighted by atomic mass is 19.4. The van der Waals surface area contributed by atoms with Gasteiger partial charge in [0.15, 0.2) is 0 Å². The van der Waals surface area contributed by atoms with Crippen LogP contribution in [0.25, 0.3) is 0 Å². The van der Waals surface area contributed by atoms with E-state index in [4.69, 9.17) is 0 Å². The van der Waals surface area contributed by atoms with Crippen LogP contribution in [0.15, 0.2) is 30.3 Å². The lowest BCUT2D eigenvalue weighted by Gasteiger charge is -2.11.